The quantitative estimate of drug-likeness (QED) is 0.613. The molecule has 0 aliphatic heterocycles. The molecular formula is C13H17BrCl2O. The first-order chi connectivity index (χ1) is 7.95. The zero-order chi connectivity index (χ0) is 13.0. The van der Waals surface area contributed by atoms with E-state index < -0.39 is 0 Å². The van der Waals surface area contributed by atoms with Crippen molar-refractivity contribution in [2.24, 2.45) is 5.92 Å². The summed E-state index contributed by atoms with van der Waals surface area (Å²) in [5.74, 6) is 1.42. The van der Waals surface area contributed by atoms with Gasteiger partial charge in [-0.15, -0.1) is 11.6 Å². The van der Waals surface area contributed by atoms with Gasteiger partial charge in [0.25, 0.3) is 0 Å². The number of alkyl halides is 1. The zero-order valence-corrected chi connectivity index (χ0v) is 13.4. The molecule has 0 saturated heterocycles. The first-order valence-electron chi connectivity index (χ1n) is 5.62. The Labute approximate surface area is 122 Å². The average Bonchev–Trinajstić information content (AvgIpc) is 2.24. The van der Waals surface area contributed by atoms with Crippen LogP contribution in [0.2, 0.25) is 5.02 Å². The van der Waals surface area contributed by atoms with Gasteiger partial charge in [0, 0.05) is 10.6 Å². The van der Waals surface area contributed by atoms with Gasteiger partial charge in [0.1, 0.15) is 5.75 Å². The van der Waals surface area contributed by atoms with Crippen LogP contribution in [0, 0.1) is 5.92 Å². The van der Waals surface area contributed by atoms with E-state index in [0.717, 1.165) is 28.6 Å². The van der Waals surface area contributed by atoms with Crippen molar-refractivity contribution < 1.29 is 4.74 Å². The molecule has 1 nitrogen and oxygen atoms in total. The molecule has 0 radical (unpaired) electrons. The van der Waals surface area contributed by atoms with E-state index in [-0.39, 0.29) is 5.38 Å². The van der Waals surface area contributed by atoms with Gasteiger partial charge < -0.3 is 4.74 Å². The molecule has 0 bridgehead atoms. The van der Waals surface area contributed by atoms with Gasteiger partial charge in [0.05, 0.1) is 17.0 Å². The Bertz CT molecular complexity index is 380. The van der Waals surface area contributed by atoms with Gasteiger partial charge in [-0.05, 0) is 46.8 Å². The monoisotopic (exact) mass is 338 g/mol. The van der Waals surface area contributed by atoms with E-state index >= 15 is 0 Å². The first kappa shape index (κ1) is 15.1. The minimum absolute atomic E-state index is 0.0673. The standard InChI is InChI=1S/C13H17BrCl2O/c1-8(2)4-5-12(16)10-6-9(15)7-11(14)13(10)17-3/h6-8,12H,4-5H2,1-3H3. The van der Waals surface area contributed by atoms with E-state index in [9.17, 15) is 0 Å². The highest BCUT2D eigenvalue weighted by molar-refractivity contribution is 9.10. The molecule has 1 atom stereocenters. The highest BCUT2D eigenvalue weighted by Crippen LogP contribution is 2.40. The molecule has 0 heterocycles. The van der Waals surface area contributed by atoms with Crippen molar-refractivity contribution in [3.63, 3.8) is 0 Å². The molecule has 0 N–H and O–H groups in total. The van der Waals surface area contributed by atoms with Crippen LogP contribution in [-0.2, 0) is 0 Å². The SMILES string of the molecule is COc1c(Br)cc(Cl)cc1C(Cl)CCC(C)C. The third kappa shape index (κ3) is 4.35. The average molecular weight is 340 g/mol. The number of methoxy groups -OCH3 is 1. The molecule has 1 aromatic carbocycles. The Morgan fingerprint density at radius 2 is 1.94 bits per heavy atom. The number of hydrogen-bond donors (Lipinski definition) is 0. The zero-order valence-electron chi connectivity index (χ0n) is 10.3. The fraction of sp³-hybridized carbons (Fsp3) is 0.538. The van der Waals surface area contributed by atoms with Crippen LogP contribution in [0.25, 0.3) is 0 Å². The molecule has 0 aliphatic rings. The number of benzene rings is 1. The van der Waals surface area contributed by atoms with Gasteiger partial charge in [-0.3, -0.25) is 0 Å². The van der Waals surface area contributed by atoms with Crippen LogP contribution in [0.15, 0.2) is 16.6 Å². The highest BCUT2D eigenvalue weighted by Gasteiger charge is 2.17. The summed E-state index contributed by atoms with van der Waals surface area (Å²) in [6.45, 7) is 4.38. The summed E-state index contributed by atoms with van der Waals surface area (Å²) in [5.41, 5.74) is 0.953. The van der Waals surface area contributed by atoms with E-state index in [4.69, 9.17) is 27.9 Å². The fourth-order valence-corrected chi connectivity index (χ4v) is 2.95. The van der Waals surface area contributed by atoms with Crippen LogP contribution in [0.4, 0.5) is 0 Å². The van der Waals surface area contributed by atoms with Gasteiger partial charge in [-0.25, -0.2) is 0 Å². The van der Waals surface area contributed by atoms with Gasteiger partial charge in [0.15, 0.2) is 0 Å². The van der Waals surface area contributed by atoms with Crippen molar-refractivity contribution in [2.75, 3.05) is 7.11 Å². The first-order valence-corrected chi connectivity index (χ1v) is 7.23. The predicted octanol–water partition coefficient (Wildman–Crippen LogP) is 5.83. The van der Waals surface area contributed by atoms with Crippen LogP contribution < -0.4 is 4.74 Å². The lowest BCUT2D eigenvalue weighted by Crippen LogP contribution is -1.99. The van der Waals surface area contributed by atoms with E-state index in [1.807, 2.05) is 12.1 Å². The Kier molecular flexibility index (Phi) is 6.11. The summed E-state index contributed by atoms with van der Waals surface area (Å²) in [6.07, 6.45) is 2.00. The van der Waals surface area contributed by atoms with Crippen LogP contribution in [0.1, 0.15) is 37.6 Å². The molecule has 0 spiro atoms. The number of halogens is 3. The van der Waals surface area contributed by atoms with E-state index in [0.29, 0.717) is 10.9 Å². The van der Waals surface area contributed by atoms with E-state index in [2.05, 4.69) is 29.8 Å². The Hall–Kier alpha value is 0.0800. The maximum absolute atomic E-state index is 6.42. The second-order valence-electron chi connectivity index (χ2n) is 4.45. The van der Waals surface area contributed by atoms with Crippen LogP contribution in [0.3, 0.4) is 0 Å². The second-order valence-corrected chi connectivity index (χ2v) is 6.27. The van der Waals surface area contributed by atoms with Crippen molar-refractivity contribution in [2.45, 2.75) is 32.1 Å². The molecular weight excluding hydrogens is 323 g/mol. The van der Waals surface area contributed by atoms with E-state index in [1.54, 1.807) is 7.11 Å². The topological polar surface area (TPSA) is 9.23 Å². The minimum atomic E-state index is -0.0673. The summed E-state index contributed by atoms with van der Waals surface area (Å²) in [7, 11) is 1.64. The summed E-state index contributed by atoms with van der Waals surface area (Å²) >= 11 is 15.9. The number of ether oxygens (including phenoxy) is 1. The fourth-order valence-electron chi connectivity index (χ4n) is 1.66. The normalized spacial score (nSPS) is 12.9. The molecule has 0 amide bonds. The molecule has 1 unspecified atom stereocenters. The maximum Gasteiger partial charge on any atom is 0.137 e. The lowest BCUT2D eigenvalue weighted by molar-refractivity contribution is 0.404. The van der Waals surface area contributed by atoms with Gasteiger partial charge in [-0.1, -0.05) is 25.4 Å². The lowest BCUT2D eigenvalue weighted by Gasteiger charge is -2.16. The Balaban J connectivity index is 2.95. The molecule has 0 fully saturated rings. The van der Waals surface area contributed by atoms with E-state index in [1.165, 1.54) is 0 Å². The summed E-state index contributed by atoms with van der Waals surface area (Å²) in [4.78, 5) is 0. The van der Waals surface area contributed by atoms with Crippen LogP contribution in [0.5, 0.6) is 5.75 Å². The third-order valence-corrected chi connectivity index (χ3v) is 3.84. The van der Waals surface area contributed by atoms with Crippen molar-refractivity contribution in [1.82, 2.24) is 0 Å². The van der Waals surface area contributed by atoms with Crippen LogP contribution >= 0.6 is 39.1 Å². The third-order valence-electron chi connectivity index (χ3n) is 2.58. The van der Waals surface area contributed by atoms with Crippen molar-refractivity contribution in [3.8, 4) is 5.75 Å². The molecule has 0 aliphatic carbocycles. The number of rotatable bonds is 5. The summed E-state index contributed by atoms with van der Waals surface area (Å²) in [5, 5.41) is 0.602. The van der Waals surface area contributed by atoms with Crippen molar-refractivity contribution in [1.29, 1.82) is 0 Å². The highest BCUT2D eigenvalue weighted by atomic mass is 79.9. The molecule has 17 heavy (non-hydrogen) atoms. The second kappa shape index (κ2) is 6.86. The molecule has 96 valence electrons. The maximum atomic E-state index is 6.42. The van der Waals surface area contributed by atoms with Gasteiger partial charge in [0.2, 0.25) is 0 Å². The van der Waals surface area contributed by atoms with Gasteiger partial charge in [-0.2, -0.15) is 0 Å². The Morgan fingerprint density at radius 3 is 2.47 bits per heavy atom. The molecule has 4 heteroatoms. The van der Waals surface area contributed by atoms with Crippen molar-refractivity contribution in [3.05, 3.63) is 27.2 Å². The largest absolute Gasteiger partial charge is 0.495 e. The molecule has 1 aromatic rings. The smallest absolute Gasteiger partial charge is 0.137 e. The molecule has 1 rings (SSSR count). The predicted molar refractivity (Wildman–Crippen MR) is 78.4 cm³/mol. The minimum Gasteiger partial charge on any atom is -0.495 e. The molecule has 0 aromatic heterocycles. The molecule has 0 saturated carbocycles. The number of hydrogen-bond acceptors (Lipinski definition) is 1. The van der Waals surface area contributed by atoms with Crippen LogP contribution in [-0.4, -0.2) is 7.11 Å². The summed E-state index contributed by atoms with van der Waals surface area (Å²) < 4.78 is 6.21. The lowest BCUT2D eigenvalue weighted by atomic mass is 10.0. The summed E-state index contributed by atoms with van der Waals surface area (Å²) in [6, 6.07) is 3.69. The van der Waals surface area contributed by atoms with Gasteiger partial charge >= 0.3 is 0 Å². The van der Waals surface area contributed by atoms with Crippen molar-refractivity contribution >= 4 is 39.1 Å². The Morgan fingerprint density at radius 1 is 1.29 bits per heavy atom.